The number of rotatable bonds is 10. The maximum absolute atomic E-state index is 13.6. The second-order valence-electron chi connectivity index (χ2n) is 15.2. The van der Waals surface area contributed by atoms with Crippen LogP contribution in [0.5, 0.6) is 23.5 Å². The van der Waals surface area contributed by atoms with Crippen LogP contribution in [0.15, 0.2) is 47.8 Å². The van der Waals surface area contributed by atoms with E-state index in [9.17, 15) is 9.59 Å². The zero-order valence-electron chi connectivity index (χ0n) is 33.5. The molecule has 9 heterocycles. The highest BCUT2D eigenvalue weighted by atomic mass is 16.5. The van der Waals surface area contributed by atoms with Crippen LogP contribution < -0.4 is 28.7 Å². The summed E-state index contributed by atoms with van der Waals surface area (Å²) in [6, 6.07) is 5.54. The highest BCUT2D eigenvalue weighted by Gasteiger charge is 2.35. The molecule has 59 heavy (non-hydrogen) atoms. The van der Waals surface area contributed by atoms with Crippen molar-refractivity contribution >= 4 is 23.2 Å². The minimum Gasteiger partial charge on any atom is -0.481 e. The molecule has 4 aliphatic rings. The van der Waals surface area contributed by atoms with Crippen molar-refractivity contribution in [1.29, 1.82) is 0 Å². The maximum atomic E-state index is 13.6. The van der Waals surface area contributed by atoms with Crippen molar-refractivity contribution in [3.8, 4) is 23.5 Å². The number of fused-ring (bicyclic) bond motifs is 2. The monoisotopic (exact) mass is 803 g/mol. The zero-order chi connectivity index (χ0) is 40.6. The predicted octanol–water partition coefficient (Wildman–Crippen LogP) is 3.39. The predicted molar refractivity (Wildman–Crippen MR) is 211 cm³/mol. The van der Waals surface area contributed by atoms with E-state index < -0.39 is 0 Å². The van der Waals surface area contributed by atoms with Crippen LogP contribution in [-0.2, 0) is 25.9 Å². The number of carbonyl (C=O) groups is 2. The van der Waals surface area contributed by atoms with Crippen LogP contribution in [0.25, 0.3) is 0 Å². The lowest BCUT2D eigenvalue weighted by Gasteiger charge is -2.31. The summed E-state index contributed by atoms with van der Waals surface area (Å²) in [7, 11) is 3.22. The summed E-state index contributed by atoms with van der Waals surface area (Å²) in [4.78, 5) is 61.8. The van der Waals surface area contributed by atoms with Gasteiger partial charge >= 0.3 is 0 Å². The van der Waals surface area contributed by atoms with E-state index in [4.69, 9.17) is 23.5 Å². The van der Waals surface area contributed by atoms with E-state index >= 15 is 0 Å². The summed E-state index contributed by atoms with van der Waals surface area (Å²) in [5, 5.41) is 4.00. The Kier molecular flexibility index (Phi) is 10.3. The standard InChI is InChI=1S/C41H45N11O7/c1-24-13-26(16-42-36(24)55-3)49-11-7-32-30(20-49)38(46-22-44-32)57-28-5-9-51(18-28)40(53)34-15-35(59-48-34)41(54)52-10-6-29(19-52)58-39-31-21-50(12-8-33(31)45-23-47-39)27-14-25(2)37(56-4)43-17-27/h13-17,22-23,28-29H,5-12,18-21H2,1-4H3. The van der Waals surface area contributed by atoms with E-state index in [-0.39, 0.29) is 35.5 Å². The van der Waals surface area contributed by atoms with Crippen LogP contribution in [0.4, 0.5) is 11.4 Å². The lowest BCUT2D eigenvalue weighted by Crippen LogP contribution is -2.33. The molecule has 0 N–H and O–H groups in total. The van der Waals surface area contributed by atoms with Crippen LogP contribution in [0.3, 0.4) is 0 Å². The first-order valence-electron chi connectivity index (χ1n) is 19.8. The van der Waals surface area contributed by atoms with E-state index in [0.717, 1.165) is 70.9 Å². The van der Waals surface area contributed by atoms with Crippen LogP contribution >= 0.6 is 0 Å². The Bertz CT molecular complexity index is 2230. The van der Waals surface area contributed by atoms with Crippen LogP contribution in [0, 0.1) is 13.8 Å². The Balaban J connectivity index is 0.795. The number of pyridine rings is 2. The molecule has 0 radical (unpaired) electrons. The highest BCUT2D eigenvalue weighted by Crippen LogP contribution is 2.33. The van der Waals surface area contributed by atoms with Crippen molar-refractivity contribution in [2.45, 2.75) is 64.8 Å². The molecule has 0 spiro atoms. The van der Waals surface area contributed by atoms with Gasteiger partial charge in [-0.3, -0.25) is 9.59 Å². The third kappa shape index (κ3) is 7.61. The summed E-state index contributed by atoms with van der Waals surface area (Å²) in [6.45, 7) is 8.23. The number of carbonyl (C=O) groups excluding carboxylic acids is 2. The fourth-order valence-electron chi connectivity index (χ4n) is 8.27. The van der Waals surface area contributed by atoms with Crippen LogP contribution in [0.2, 0.25) is 0 Å². The van der Waals surface area contributed by atoms with E-state index in [2.05, 4.69) is 57.0 Å². The molecule has 18 heteroatoms. The normalized spacial score (nSPS) is 18.7. The van der Waals surface area contributed by atoms with Crippen molar-refractivity contribution < 1.29 is 33.1 Å². The number of methoxy groups -OCH3 is 2. The Hall–Kier alpha value is -6.59. The number of aryl methyl sites for hydroxylation is 2. The van der Waals surface area contributed by atoms with E-state index in [1.807, 2.05) is 26.2 Å². The molecule has 0 aliphatic carbocycles. The van der Waals surface area contributed by atoms with Crippen molar-refractivity contribution in [2.75, 3.05) is 63.3 Å². The number of nitrogens with zero attached hydrogens (tertiary/aromatic N) is 11. The molecule has 0 aromatic carbocycles. The smallest absolute Gasteiger partial charge is 0.292 e. The molecule has 5 aromatic rings. The topological polar surface area (TPSA) is 187 Å². The summed E-state index contributed by atoms with van der Waals surface area (Å²) in [5.74, 6) is 1.54. The molecular formula is C41H45N11O7. The Labute approximate surface area is 340 Å². The van der Waals surface area contributed by atoms with Crippen molar-refractivity contribution in [1.82, 2.24) is 44.9 Å². The quantitative estimate of drug-likeness (QED) is 0.200. The van der Waals surface area contributed by atoms with Gasteiger partial charge < -0.3 is 43.1 Å². The molecule has 18 nitrogen and oxygen atoms in total. The minimum atomic E-state index is -0.355. The Morgan fingerprint density at radius 3 is 1.64 bits per heavy atom. The molecule has 0 saturated carbocycles. The number of aromatic nitrogens is 7. The van der Waals surface area contributed by atoms with Crippen molar-refractivity contribution in [2.24, 2.45) is 0 Å². The second-order valence-corrected chi connectivity index (χ2v) is 15.2. The van der Waals surface area contributed by atoms with Gasteiger partial charge in [-0.05, 0) is 26.0 Å². The lowest BCUT2D eigenvalue weighted by molar-refractivity contribution is 0.0723. The maximum Gasteiger partial charge on any atom is 0.292 e. The van der Waals surface area contributed by atoms with Crippen LogP contribution in [0.1, 0.15) is 67.5 Å². The van der Waals surface area contributed by atoms with Crippen LogP contribution in [-0.4, -0.2) is 122 Å². The molecule has 4 aliphatic heterocycles. The molecule has 2 amide bonds. The summed E-state index contributed by atoms with van der Waals surface area (Å²) in [6.07, 6.45) is 8.81. The van der Waals surface area contributed by atoms with Gasteiger partial charge in [-0.15, -0.1) is 0 Å². The Morgan fingerprint density at radius 1 is 0.644 bits per heavy atom. The summed E-state index contributed by atoms with van der Waals surface area (Å²) in [5.41, 5.74) is 7.68. The fraction of sp³-hybridized carbons (Fsp3) is 0.439. The fourth-order valence-corrected chi connectivity index (χ4v) is 8.27. The van der Waals surface area contributed by atoms with Gasteiger partial charge in [-0.1, -0.05) is 5.16 Å². The van der Waals surface area contributed by atoms with Gasteiger partial charge in [0.1, 0.15) is 24.9 Å². The zero-order valence-corrected chi connectivity index (χ0v) is 33.5. The number of ether oxygens (including phenoxy) is 4. The van der Waals surface area contributed by atoms with Crippen molar-refractivity contribution in [3.63, 3.8) is 0 Å². The molecule has 2 fully saturated rings. The highest BCUT2D eigenvalue weighted by molar-refractivity contribution is 5.97. The average molecular weight is 804 g/mol. The van der Waals surface area contributed by atoms with Gasteiger partial charge in [-0.2, -0.15) is 0 Å². The van der Waals surface area contributed by atoms with Gasteiger partial charge in [0, 0.05) is 69.1 Å². The lowest BCUT2D eigenvalue weighted by atomic mass is 10.1. The van der Waals surface area contributed by atoms with Gasteiger partial charge in [0.2, 0.25) is 29.3 Å². The summed E-state index contributed by atoms with van der Waals surface area (Å²) < 4.78 is 29.0. The molecule has 9 rings (SSSR count). The number of amides is 2. The summed E-state index contributed by atoms with van der Waals surface area (Å²) >= 11 is 0. The third-order valence-corrected chi connectivity index (χ3v) is 11.4. The first-order valence-corrected chi connectivity index (χ1v) is 19.8. The van der Waals surface area contributed by atoms with Gasteiger partial charge in [0.15, 0.2) is 5.69 Å². The molecule has 2 saturated heterocycles. The Morgan fingerprint density at radius 2 is 1.15 bits per heavy atom. The number of hydrogen-bond acceptors (Lipinski definition) is 16. The largest absolute Gasteiger partial charge is 0.481 e. The SMILES string of the molecule is COc1ncc(N2CCc3ncnc(OC4CCN(C(=O)c5cc(C(=O)N6CCC(Oc7ncnc8c7CN(c7cnc(OC)c(C)c7)CC8)C6)on5)C4)c3C2)cc1C. The van der Waals surface area contributed by atoms with Crippen molar-refractivity contribution in [3.05, 3.63) is 88.3 Å². The van der Waals surface area contributed by atoms with Gasteiger partial charge in [0.05, 0.1) is 86.7 Å². The molecule has 5 aromatic heterocycles. The first-order chi connectivity index (χ1) is 28.7. The van der Waals surface area contributed by atoms with Gasteiger partial charge in [0.25, 0.3) is 11.8 Å². The average Bonchev–Trinajstić information content (AvgIpc) is 4.06. The molecule has 2 unspecified atom stereocenters. The van der Waals surface area contributed by atoms with E-state index in [0.29, 0.717) is 75.6 Å². The molecule has 2 atom stereocenters. The molecular weight excluding hydrogens is 759 g/mol. The van der Waals surface area contributed by atoms with Gasteiger partial charge in [-0.25, -0.2) is 29.9 Å². The van der Waals surface area contributed by atoms with E-state index in [1.54, 1.807) is 24.0 Å². The second kappa shape index (κ2) is 16.0. The van der Waals surface area contributed by atoms with E-state index in [1.165, 1.54) is 18.7 Å². The minimum absolute atomic E-state index is 0.00105. The third-order valence-electron chi connectivity index (χ3n) is 11.4. The first kappa shape index (κ1) is 38.0. The number of likely N-dealkylation sites (tertiary alicyclic amines) is 2. The molecule has 306 valence electrons. The number of anilines is 2. The number of hydrogen-bond donors (Lipinski definition) is 0. The molecule has 0 bridgehead atoms.